The fourth-order valence-corrected chi connectivity index (χ4v) is 2.41. The van der Waals surface area contributed by atoms with Gasteiger partial charge in [-0.2, -0.15) is 0 Å². The zero-order valence-corrected chi connectivity index (χ0v) is 16.2. The summed E-state index contributed by atoms with van der Waals surface area (Å²) in [5.41, 5.74) is 0.262. The standard InChI is InChI=1S/C16H22N2O.2CH2O3/c1-8-12-10-9-11-17-13(12)14(19)18(15(2,3)4)16(5,6)7;2*2-1(3)4/h1,9-11H,2-7H3;2*(H2,2,3,4). The van der Waals surface area contributed by atoms with Crippen molar-refractivity contribution < 1.29 is 34.8 Å². The van der Waals surface area contributed by atoms with Crippen LogP contribution in [0.1, 0.15) is 57.6 Å². The van der Waals surface area contributed by atoms with E-state index in [4.69, 9.17) is 36.4 Å². The molecule has 9 heteroatoms. The summed E-state index contributed by atoms with van der Waals surface area (Å²) < 4.78 is 0. The lowest BCUT2D eigenvalue weighted by Gasteiger charge is -2.45. The molecule has 0 aliphatic rings. The molecule has 0 radical (unpaired) electrons. The molecular weight excluding hydrogens is 356 g/mol. The van der Waals surface area contributed by atoms with Gasteiger partial charge < -0.3 is 25.3 Å². The number of pyridine rings is 1. The normalized spacial score (nSPS) is 10.1. The predicted octanol–water partition coefficient (Wildman–Crippen LogP) is 3.55. The topological polar surface area (TPSA) is 148 Å². The van der Waals surface area contributed by atoms with E-state index in [0.717, 1.165) is 0 Å². The number of carbonyl (C=O) groups is 3. The summed E-state index contributed by atoms with van der Waals surface area (Å²) in [6.07, 6.45) is 3.37. The Hall–Kier alpha value is -3.28. The summed E-state index contributed by atoms with van der Waals surface area (Å²) in [5, 5.41) is 27.9. The second-order valence-electron chi connectivity index (χ2n) is 7.09. The van der Waals surface area contributed by atoms with Gasteiger partial charge in [-0.25, -0.2) is 14.6 Å². The van der Waals surface area contributed by atoms with Crippen LogP contribution in [0.15, 0.2) is 18.3 Å². The quantitative estimate of drug-likeness (QED) is 0.539. The third-order valence-electron chi connectivity index (χ3n) is 2.71. The van der Waals surface area contributed by atoms with E-state index in [1.807, 2.05) is 46.4 Å². The first kappa shape index (κ1) is 26.0. The Bertz CT molecular complexity index is 661. The number of terminal acetylenes is 1. The van der Waals surface area contributed by atoms with Gasteiger partial charge >= 0.3 is 12.3 Å². The molecule has 0 unspecified atom stereocenters. The summed E-state index contributed by atoms with van der Waals surface area (Å²) in [6, 6.07) is 3.48. The number of amides is 1. The molecule has 0 aliphatic heterocycles. The van der Waals surface area contributed by atoms with Crippen LogP contribution >= 0.6 is 0 Å². The highest BCUT2D eigenvalue weighted by Crippen LogP contribution is 2.27. The van der Waals surface area contributed by atoms with Gasteiger partial charge in [-0.15, -0.1) is 6.42 Å². The highest BCUT2D eigenvalue weighted by atomic mass is 16.6. The Kier molecular flexibility index (Phi) is 10.2. The molecule has 1 aromatic rings. The van der Waals surface area contributed by atoms with Crippen molar-refractivity contribution in [3.63, 3.8) is 0 Å². The Morgan fingerprint density at radius 1 is 0.963 bits per heavy atom. The van der Waals surface area contributed by atoms with Crippen molar-refractivity contribution in [3.8, 4) is 12.3 Å². The van der Waals surface area contributed by atoms with Crippen molar-refractivity contribution in [1.82, 2.24) is 9.88 Å². The number of aromatic nitrogens is 1. The fraction of sp³-hybridized carbons (Fsp3) is 0.444. The van der Waals surface area contributed by atoms with Crippen LogP contribution in [0, 0.1) is 12.3 Å². The number of hydrogen-bond acceptors (Lipinski definition) is 4. The van der Waals surface area contributed by atoms with Crippen LogP contribution in [0.2, 0.25) is 0 Å². The molecule has 9 nitrogen and oxygen atoms in total. The van der Waals surface area contributed by atoms with E-state index in [0.29, 0.717) is 11.3 Å². The minimum absolute atomic E-state index is 0.131. The van der Waals surface area contributed by atoms with Gasteiger partial charge in [0.1, 0.15) is 5.69 Å². The summed E-state index contributed by atoms with van der Waals surface area (Å²) in [5.74, 6) is 2.39. The molecule has 0 atom stereocenters. The number of hydrogen-bond donors (Lipinski definition) is 4. The van der Waals surface area contributed by atoms with Crippen LogP contribution < -0.4 is 0 Å². The average molecular weight is 382 g/mol. The molecule has 0 saturated heterocycles. The lowest BCUT2D eigenvalue weighted by molar-refractivity contribution is 0.0264. The maximum Gasteiger partial charge on any atom is 0.503 e. The van der Waals surface area contributed by atoms with Crippen molar-refractivity contribution in [3.05, 3.63) is 29.6 Å². The van der Waals surface area contributed by atoms with Crippen LogP contribution in [-0.4, -0.2) is 59.6 Å². The lowest BCUT2D eigenvalue weighted by atomic mass is 9.94. The molecule has 1 rings (SSSR count). The molecule has 27 heavy (non-hydrogen) atoms. The molecule has 0 aromatic carbocycles. The summed E-state index contributed by atoms with van der Waals surface area (Å²) in [4.78, 5) is 35.9. The molecule has 1 heterocycles. The molecule has 1 amide bonds. The highest BCUT2D eigenvalue weighted by Gasteiger charge is 2.37. The van der Waals surface area contributed by atoms with Crippen LogP contribution in [0.5, 0.6) is 0 Å². The number of carbonyl (C=O) groups excluding carboxylic acids is 1. The van der Waals surface area contributed by atoms with Gasteiger partial charge in [-0.3, -0.25) is 4.79 Å². The molecule has 4 N–H and O–H groups in total. The van der Waals surface area contributed by atoms with E-state index < -0.39 is 12.3 Å². The molecule has 0 spiro atoms. The van der Waals surface area contributed by atoms with E-state index in [9.17, 15) is 4.79 Å². The first-order valence-electron chi connectivity index (χ1n) is 7.65. The third kappa shape index (κ3) is 11.0. The number of carboxylic acid groups (broad SMARTS) is 4. The van der Waals surface area contributed by atoms with Gasteiger partial charge in [0.25, 0.3) is 5.91 Å². The fourth-order valence-electron chi connectivity index (χ4n) is 2.41. The van der Waals surface area contributed by atoms with Crippen molar-refractivity contribution in [1.29, 1.82) is 0 Å². The van der Waals surface area contributed by atoms with Crippen molar-refractivity contribution in [2.45, 2.75) is 52.6 Å². The summed E-state index contributed by atoms with van der Waals surface area (Å²) >= 11 is 0. The Morgan fingerprint density at radius 2 is 1.33 bits per heavy atom. The van der Waals surface area contributed by atoms with Crippen LogP contribution in [-0.2, 0) is 0 Å². The van der Waals surface area contributed by atoms with Gasteiger partial charge in [0, 0.05) is 17.3 Å². The minimum atomic E-state index is -1.83. The zero-order chi connectivity index (χ0) is 22.0. The minimum Gasteiger partial charge on any atom is -0.450 e. The Morgan fingerprint density at radius 3 is 1.63 bits per heavy atom. The van der Waals surface area contributed by atoms with Gasteiger partial charge in [-0.1, -0.05) is 5.92 Å². The van der Waals surface area contributed by atoms with E-state index in [1.54, 1.807) is 18.3 Å². The predicted molar refractivity (Wildman–Crippen MR) is 99.2 cm³/mol. The zero-order valence-electron chi connectivity index (χ0n) is 16.2. The van der Waals surface area contributed by atoms with Crippen molar-refractivity contribution in [2.24, 2.45) is 0 Å². The Balaban J connectivity index is 0. The molecule has 0 aliphatic carbocycles. The molecule has 0 bridgehead atoms. The van der Waals surface area contributed by atoms with Gasteiger partial charge in [-0.05, 0) is 53.7 Å². The van der Waals surface area contributed by atoms with Gasteiger partial charge in [0.05, 0.1) is 5.56 Å². The SMILES string of the molecule is C#Cc1cccnc1C(=O)N(C(C)(C)C)C(C)(C)C.O=C(O)O.O=C(O)O. The smallest absolute Gasteiger partial charge is 0.450 e. The first-order chi connectivity index (χ1) is 12.1. The van der Waals surface area contributed by atoms with Crippen molar-refractivity contribution in [2.75, 3.05) is 0 Å². The van der Waals surface area contributed by atoms with E-state index in [1.165, 1.54) is 0 Å². The molecule has 1 aromatic heterocycles. The molecule has 150 valence electrons. The van der Waals surface area contributed by atoms with Gasteiger partial charge in [0.2, 0.25) is 0 Å². The maximum absolute atomic E-state index is 12.8. The number of rotatable bonds is 1. The highest BCUT2D eigenvalue weighted by molar-refractivity contribution is 5.95. The van der Waals surface area contributed by atoms with Crippen LogP contribution in [0.25, 0.3) is 0 Å². The molecular formula is C18H26N2O7. The van der Waals surface area contributed by atoms with Crippen LogP contribution in [0.3, 0.4) is 0 Å². The molecule has 0 fully saturated rings. The van der Waals surface area contributed by atoms with Crippen molar-refractivity contribution >= 4 is 18.2 Å². The number of nitrogens with zero attached hydrogens (tertiary/aromatic N) is 2. The second-order valence-corrected chi connectivity index (χ2v) is 7.09. The van der Waals surface area contributed by atoms with E-state index >= 15 is 0 Å². The monoisotopic (exact) mass is 382 g/mol. The van der Waals surface area contributed by atoms with Gasteiger partial charge in [0.15, 0.2) is 0 Å². The van der Waals surface area contributed by atoms with Crippen LogP contribution in [0.4, 0.5) is 9.59 Å². The third-order valence-corrected chi connectivity index (χ3v) is 2.71. The molecule has 0 saturated carbocycles. The van der Waals surface area contributed by atoms with E-state index in [-0.39, 0.29) is 17.0 Å². The average Bonchev–Trinajstić information content (AvgIpc) is 2.42. The summed E-state index contributed by atoms with van der Waals surface area (Å²) in [6.45, 7) is 12.1. The summed E-state index contributed by atoms with van der Waals surface area (Å²) in [7, 11) is 0. The second kappa shape index (κ2) is 10.7. The largest absolute Gasteiger partial charge is 0.503 e. The maximum atomic E-state index is 12.8. The first-order valence-corrected chi connectivity index (χ1v) is 7.65. The van der Waals surface area contributed by atoms with E-state index in [2.05, 4.69) is 10.9 Å². The lowest BCUT2D eigenvalue weighted by Crippen LogP contribution is -2.56. The Labute approximate surface area is 158 Å².